The Bertz CT molecular complexity index is 572. The largest absolute Gasteiger partial charge is 0.480 e. The van der Waals surface area contributed by atoms with Gasteiger partial charge in [0.25, 0.3) is 0 Å². The van der Waals surface area contributed by atoms with Gasteiger partial charge in [0.2, 0.25) is 5.95 Å². The first-order valence-corrected chi connectivity index (χ1v) is 4.94. The van der Waals surface area contributed by atoms with Gasteiger partial charge in [-0.25, -0.2) is 4.98 Å². The van der Waals surface area contributed by atoms with Crippen LogP contribution in [0.5, 0.6) is 0 Å². The minimum absolute atomic E-state index is 0.162. The number of imidazole rings is 1. The Morgan fingerprint density at radius 1 is 1.50 bits per heavy atom. The molecule has 0 bridgehead atoms. The highest BCUT2D eigenvalue weighted by Gasteiger charge is 2.12. The van der Waals surface area contributed by atoms with Crippen molar-refractivity contribution in [2.75, 3.05) is 5.73 Å². The molecule has 3 N–H and O–H groups in total. The fourth-order valence-corrected chi connectivity index (χ4v) is 1.75. The van der Waals surface area contributed by atoms with Gasteiger partial charge in [0.1, 0.15) is 6.54 Å². The van der Waals surface area contributed by atoms with Crippen molar-refractivity contribution in [3.8, 4) is 0 Å². The number of anilines is 1. The van der Waals surface area contributed by atoms with Crippen LogP contribution in [0.1, 0.15) is 11.1 Å². The van der Waals surface area contributed by atoms with Crippen LogP contribution in [-0.2, 0) is 11.3 Å². The smallest absolute Gasteiger partial charge is 0.323 e. The van der Waals surface area contributed by atoms with E-state index in [1.54, 1.807) is 0 Å². The summed E-state index contributed by atoms with van der Waals surface area (Å²) in [5.74, 6) is -0.685. The minimum Gasteiger partial charge on any atom is -0.480 e. The highest BCUT2D eigenvalue weighted by molar-refractivity contribution is 5.84. The van der Waals surface area contributed by atoms with Gasteiger partial charge >= 0.3 is 5.97 Å². The number of rotatable bonds is 2. The molecule has 16 heavy (non-hydrogen) atoms. The summed E-state index contributed by atoms with van der Waals surface area (Å²) >= 11 is 0. The fraction of sp³-hybridized carbons (Fsp3) is 0.273. The zero-order valence-electron chi connectivity index (χ0n) is 9.19. The third-order valence-corrected chi connectivity index (χ3v) is 2.77. The Balaban J connectivity index is 2.71. The third kappa shape index (κ3) is 1.50. The van der Waals surface area contributed by atoms with E-state index in [0.717, 1.165) is 22.2 Å². The van der Waals surface area contributed by atoms with E-state index in [1.807, 2.05) is 26.0 Å². The average Bonchev–Trinajstić information content (AvgIpc) is 2.51. The van der Waals surface area contributed by atoms with Gasteiger partial charge < -0.3 is 10.8 Å². The third-order valence-electron chi connectivity index (χ3n) is 2.77. The standard InChI is InChI=1S/C11H13N3O2/c1-6-3-4-8-10(7(6)2)13-11(12)14(8)5-9(15)16/h3-4H,5H2,1-2H3,(H2,12,13)(H,15,16). The van der Waals surface area contributed by atoms with E-state index in [1.165, 1.54) is 4.57 Å². The van der Waals surface area contributed by atoms with Gasteiger partial charge in [-0.15, -0.1) is 0 Å². The summed E-state index contributed by atoms with van der Waals surface area (Å²) in [6, 6.07) is 3.79. The number of aryl methyl sites for hydroxylation is 2. The average molecular weight is 219 g/mol. The molecule has 0 aliphatic rings. The number of hydrogen-bond acceptors (Lipinski definition) is 3. The Morgan fingerprint density at radius 2 is 2.19 bits per heavy atom. The highest BCUT2D eigenvalue weighted by atomic mass is 16.4. The molecule has 1 heterocycles. The molecule has 0 unspecified atom stereocenters. The predicted molar refractivity (Wildman–Crippen MR) is 61.3 cm³/mol. The molecule has 0 amide bonds. The van der Waals surface area contributed by atoms with Crippen LogP contribution in [0.25, 0.3) is 11.0 Å². The van der Waals surface area contributed by atoms with Crippen molar-refractivity contribution >= 4 is 23.0 Å². The molecule has 0 spiro atoms. The van der Waals surface area contributed by atoms with E-state index in [0.29, 0.717) is 0 Å². The summed E-state index contributed by atoms with van der Waals surface area (Å²) in [5.41, 5.74) is 9.41. The van der Waals surface area contributed by atoms with Crippen molar-refractivity contribution in [1.82, 2.24) is 9.55 Å². The van der Waals surface area contributed by atoms with Gasteiger partial charge in [-0.2, -0.15) is 0 Å². The van der Waals surface area contributed by atoms with Gasteiger partial charge in [0.05, 0.1) is 11.0 Å². The lowest BCUT2D eigenvalue weighted by Gasteiger charge is -2.03. The SMILES string of the molecule is Cc1ccc2c(nc(N)n2CC(=O)O)c1C. The van der Waals surface area contributed by atoms with E-state index < -0.39 is 5.97 Å². The molecule has 1 aromatic carbocycles. The number of carboxylic acid groups (broad SMARTS) is 1. The lowest BCUT2D eigenvalue weighted by molar-refractivity contribution is -0.137. The van der Waals surface area contributed by atoms with E-state index in [-0.39, 0.29) is 12.5 Å². The van der Waals surface area contributed by atoms with Crippen LogP contribution in [-0.4, -0.2) is 20.6 Å². The van der Waals surface area contributed by atoms with E-state index in [4.69, 9.17) is 10.8 Å². The Labute approximate surface area is 92.5 Å². The monoisotopic (exact) mass is 219 g/mol. The number of nitrogens with two attached hydrogens (primary N) is 1. The van der Waals surface area contributed by atoms with Crippen molar-refractivity contribution in [3.63, 3.8) is 0 Å². The maximum atomic E-state index is 10.7. The predicted octanol–water partition coefficient (Wildman–Crippen LogP) is 1.32. The molecule has 1 aromatic heterocycles. The molecule has 0 atom stereocenters. The van der Waals surface area contributed by atoms with Gasteiger partial charge in [-0.3, -0.25) is 9.36 Å². The topological polar surface area (TPSA) is 81.1 Å². The van der Waals surface area contributed by atoms with Crippen LogP contribution in [0.2, 0.25) is 0 Å². The van der Waals surface area contributed by atoms with Crippen LogP contribution in [0.4, 0.5) is 5.95 Å². The Morgan fingerprint density at radius 3 is 2.81 bits per heavy atom. The summed E-state index contributed by atoms with van der Waals surface area (Å²) in [4.78, 5) is 14.9. The van der Waals surface area contributed by atoms with Crippen LogP contribution in [0, 0.1) is 13.8 Å². The van der Waals surface area contributed by atoms with Gasteiger partial charge in [0, 0.05) is 0 Å². The van der Waals surface area contributed by atoms with E-state index in [9.17, 15) is 4.79 Å². The molecule has 0 saturated heterocycles. The second-order valence-electron chi connectivity index (χ2n) is 3.83. The molecular weight excluding hydrogens is 206 g/mol. The quantitative estimate of drug-likeness (QED) is 0.798. The lowest BCUT2D eigenvalue weighted by atomic mass is 10.1. The second kappa shape index (κ2) is 3.52. The molecule has 2 aromatic rings. The van der Waals surface area contributed by atoms with Gasteiger partial charge in [-0.05, 0) is 31.0 Å². The van der Waals surface area contributed by atoms with Crippen molar-refractivity contribution in [1.29, 1.82) is 0 Å². The van der Waals surface area contributed by atoms with Crippen molar-refractivity contribution in [3.05, 3.63) is 23.3 Å². The van der Waals surface area contributed by atoms with Gasteiger partial charge in [-0.1, -0.05) is 6.07 Å². The van der Waals surface area contributed by atoms with E-state index >= 15 is 0 Å². The summed E-state index contributed by atoms with van der Waals surface area (Å²) in [5, 5.41) is 8.79. The first kappa shape index (κ1) is 10.5. The number of aliphatic carboxylic acids is 1. The summed E-state index contributed by atoms with van der Waals surface area (Å²) in [7, 11) is 0. The van der Waals surface area contributed by atoms with Crippen molar-refractivity contribution < 1.29 is 9.90 Å². The number of nitrogens with zero attached hydrogens (tertiary/aromatic N) is 2. The summed E-state index contributed by atoms with van der Waals surface area (Å²) in [6.45, 7) is 3.78. The van der Waals surface area contributed by atoms with Gasteiger partial charge in [0.15, 0.2) is 0 Å². The number of carboxylic acids is 1. The van der Waals surface area contributed by atoms with Crippen LogP contribution >= 0.6 is 0 Å². The van der Waals surface area contributed by atoms with Crippen LogP contribution in [0.3, 0.4) is 0 Å². The molecular formula is C11H13N3O2. The first-order chi connectivity index (χ1) is 7.50. The van der Waals surface area contributed by atoms with Crippen molar-refractivity contribution in [2.24, 2.45) is 0 Å². The highest BCUT2D eigenvalue weighted by Crippen LogP contribution is 2.23. The molecule has 0 saturated carbocycles. The Kier molecular flexibility index (Phi) is 2.30. The second-order valence-corrected chi connectivity index (χ2v) is 3.83. The normalized spacial score (nSPS) is 10.9. The number of carbonyl (C=O) groups is 1. The molecule has 5 heteroatoms. The fourth-order valence-electron chi connectivity index (χ4n) is 1.75. The van der Waals surface area contributed by atoms with Crippen LogP contribution in [0.15, 0.2) is 12.1 Å². The first-order valence-electron chi connectivity index (χ1n) is 4.94. The number of benzene rings is 1. The Hall–Kier alpha value is -2.04. The minimum atomic E-state index is -0.927. The number of fused-ring (bicyclic) bond motifs is 1. The lowest BCUT2D eigenvalue weighted by Crippen LogP contribution is -2.11. The van der Waals surface area contributed by atoms with Crippen molar-refractivity contribution in [2.45, 2.75) is 20.4 Å². The zero-order chi connectivity index (χ0) is 11.9. The summed E-state index contributed by atoms with van der Waals surface area (Å²) < 4.78 is 1.50. The maximum absolute atomic E-state index is 10.7. The zero-order valence-corrected chi connectivity index (χ0v) is 9.19. The number of hydrogen-bond donors (Lipinski definition) is 2. The maximum Gasteiger partial charge on any atom is 0.323 e. The van der Waals surface area contributed by atoms with E-state index in [2.05, 4.69) is 4.98 Å². The molecule has 0 fully saturated rings. The molecule has 84 valence electrons. The number of aromatic nitrogens is 2. The molecule has 5 nitrogen and oxygen atoms in total. The number of nitrogen functional groups attached to an aromatic ring is 1. The molecule has 0 radical (unpaired) electrons. The molecule has 0 aliphatic heterocycles. The molecule has 0 aliphatic carbocycles. The van der Waals surface area contributed by atoms with Crippen LogP contribution < -0.4 is 5.73 Å². The summed E-state index contributed by atoms with van der Waals surface area (Å²) in [6.07, 6.45) is 0. The molecule has 2 rings (SSSR count).